The van der Waals surface area contributed by atoms with E-state index in [-0.39, 0.29) is 0 Å². The highest BCUT2D eigenvalue weighted by atomic mass is 16.5. The molecule has 0 heterocycles. The van der Waals surface area contributed by atoms with Gasteiger partial charge >= 0.3 is 0 Å². The maximum Gasteiger partial charge on any atom is 0.195 e. The zero-order valence-corrected chi connectivity index (χ0v) is 15.1. The lowest BCUT2D eigenvalue weighted by Gasteiger charge is -2.13. The van der Waals surface area contributed by atoms with Crippen LogP contribution in [0.5, 0.6) is 5.75 Å². The molecule has 1 rings (SSSR count). The Labute approximate surface area is 145 Å². The normalized spacial score (nSPS) is 11.4. The third-order valence-electron chi connectivity index (χ3n) is 3.29. The predicted molar refractivity (Wildman–Crippen MR) is 99.1 cm³/mol. The first-order chi connectivity index (χ1) is 11.8. The van der Waals surface area contributed by atoms with Crippen LogP contribution in [0.1, 0.15) is 26.2 Å². The van der Waals surface area contributed by atoms with Crippen molar-refractivity contribution in [1.29, 1.82) is 0 Å². The summed E-state index contributed by atoms with van der Waals surface area (Å²) in [6, 6.07) is 7.87. The van der Waals surface area contributed by atoms with E-state index < -0.39 is 0 Å². The Bertz CT molecular complexity index is 467. The Morgan fingerprint density at radius 3 is 2.75 bits per heavy atom. The summed E-state index contributed by atoms with van der Waals surface area (Å²) in [5.74, 6) is 1.59. The first-order valence-electron chi connectivity index (χ1n) is 8.57. The van der Waals surface area contributed by atoms with Gasteiger partial charge in [-0.05, 0) is 31.9 Å². The number of unbranched alkanes of at least 4 members (excludes halogenated alkanes) is 1. The summed E-state index contributed by atoms with van der Waals surface area (Å²) in [5, 5.41) is 6.58. The van der Waals surface area contributed by atoms with Gasteiger partial charge < -0.3 is 24.8 Å². The van der Waals surface area contributed by atoms with Gasteiger partial charge in [0.1, 0.15) is 5.75 Å². The second kappa shape index (κ2) is 13.6. The van der Waals surface area contributed by atoms with Gasteiger partial charge in [-0.1, -0.05) is 6.07 Å². The Morgan fingerprint density at radius 2 is 2.00 bits per heavy atom. The maximum absolute atomic E-state index is 5.71. The zero-order valence-electron chi connectivity index (χ0n) is 15.1. The van der Waals surface area contributed by atoms with E-state index in [1.54, 1.807) is 14.2 Å². The lowest BCUT2D eigenvalue weighted by atomic mass is 10.3. The minimum absolute atomic E-state index is 0.643. The summed E-state index contributed by atoms with van der Waals surface area (Å²) in [4.78, 5) is 4.24. The number of nitrogens with zero attached hydrogens (tertiary/aromatic N) is 1. The lowest BCUT2D eigenvalue weighted by Crippen LogP contribution is -2.31. The number of benzene rings is 1. The van der Waals surface area contributed by atoms with Crippen molar-refractivity contribution in [1.82, 2.24) is 5.32 Å². The summed E-state index contributed by atoms with van der Waals surface area (Å²) in [7, 11) is 3.46. The fourth-order valence-electron chi connectivity index (χ4n) is 2.05. The predicted octanol–water partition coefficient (Wildman–Crippen LogP) is 2.91. The average Bonchev–Trinajstić information content (AvgIpc) is 2.61. The molecule has 2 N–H and O–H groups in total. The molecule has 24 heavy (non-hydrogen) atoms. The van der Waals surface area contributed by atoms with Gasteiger partial charge in [-0.2, -0.15) is 0 Å². The summed E-state index contributed by atoms with van der Waals surface area (Å²) in [5.41, 5.74) is 0.946. The van der Waals surface area contributed by atoms with E-state index in [1.807, 2.05) is 31.2 Å². The van der Waals surface area contributed by atoms with Crippen LogP contribution in [0.3, 0.4) is 0 Å². The number of nitrogens with one attached hydrogen (secondary N) is 2. The van der Waals surface area contributed by atoms with Crippen molar-refractivity contribution in [3.63, 3.8) is 0 Å². The third-order valence-corrected chi connectivity index (χ3v) is 3.29. The number of hydrogen-bond acceptors (Lipinski definition) is 4. The van der Waals surface area contributed by atoms with Crippen molar-refractivity contribution >= 4 is 11.6 Å². The number of rotatable bonds is 12. The summed E-state index contributed by atoms with van der Waals surface area (Å²) in [6.07, 6.45) is 2.96. The number of anilines is 1. The molecular weight excluding hydrogens is 306 g/mol. The van der Waals surface area contributed by atoms with Crippen molar-refractivity contribution in [2.24, 2.45) is 4.99 Å². The molecule has 0 unspecified atom stereocenters. The third kappa shape index (κ3) is 9.37. The van der Waals surface area contributed by atoms with Gasteiger partial charge in [0.2, 0.25) is 0 Å². The first-order valence-corrected chi connectivity index (χ1v) is 8.57. The Balaban J connectivity index is 2.34. The van der Waals surface area contributed by atoms with Crippen molar-refractivity contribution in [3.8, 4) is 5.75 Å². The smallest absolute Gasteiger partial charge is 0.195 e. The molecule has 1 aromatic carbocycles. The van der Waals surface area contributed by atoms with E-state index in [2.05, 4.69) is 15.6 Å². The van der Waals surface area contributed by atoms with Gasteiger partial charge in [0.25, 0.3) is 0 Å². The average molecular weight is 337 g/mol. The number of guanidine groups is 1. The van der Waals surface area contributed by atoms with Gasteiger partial charge in [0.05, 0.1) is 6.61 Å². The van der Waals surface area contributed by atoms with Gasteiger partial charge in [0, 0.05) is 58.7 Å². The number of hydrogen-bond donors (Lipinski definition) is 2. The molecule has 0 radical (unpaired) electrons. The van der Waals surface area contributed by atoms with Crippen molar-refractivity contribution < 1.29 is 14.2 Å². The van der Waals surface area contributed by atoms with Crippen LogP contribution in [0.15, 0.2) is 29.3 Å². The van der Waals surface area contributed by atoms with E-state index in [9.17, 15) is 0 Å². The molecule has 6 heteroatoms. The Morgan fingerprint density at radius 1 is 1.12 bits per heavy atom. The largest absolute Gasteiger partial charge is 0.493 e. The van der Waals surface area contributed by atoms with Gasteiger partial charge in [-0.25, -0.2) is 0 Å². The van der Waals surface area contributed by atoms with Gasteiger partial charge in [0.15, 0.2) is 5.96 Å². The molecule has 0 saturated carbocycles. The van der Waals surface area contributed by atoms with Gasteiger partial charge in [-0.3, -0.25) is 4.99 Å². The molecular formula is C18H31N3O3. The lowest BCUT2D eigenvalue weighted by molar-refractivity contribution is 0.143. The number of aliphatic imine (C=N–C) groups is 1. The molecule has 0 saturated heterocycles. The van der Waals surface area contributed by atoms with E-state index in [0.29, 0.717) is 13.2 Å². The molecule has 136 valence electrons. The van der Waals surface area contributed by atoms with Crippen LogP contribution in [0.4, 0.5) is 5.69 Å². The molecule has 0 amide bonds. The van der Waals surface area contributed by atoms with Crippen LogP contribution in [0.25, 0.3) is 0 Å². The zero-order chi connectivity index (χ0) is 17.5. The van der Waals surface area contributed by atoms with E-state index in [1.165, 1.54) is 0 Å². The van der Waals surface area contributed by atoms with E-state index in [0.717, 1.165) is 56.4 Å². The quantitative estimate of drug-likeness (QED) is 0.349. The molecule has 0 aliphatic carbocycles. The second-order valence-electron chi connectivity index (χ2n) is 5.25. The van der Waals surface area contributed by atoms with Gasteiger partial charge in [-0.15, -0.1) is 0 Å². The highest BCUT2D eigenvalue weighted by Gasteiger charge is 2.01. The summed E-state index contributed by atoms with van der Waals surface area (Å²) in [6.45, 7) is 5.81. The molecule has 0 aliphatic heterocycles. The standard InChI is InChI=1S/C18H31N3O3/c1-4-23-13-6-5-11-20-18(19-2)21-16-9-7-10-17(15-16)24-14-8-12-22-3/h7,9-10,15H,4-6,8,11-14H2,1-3H3,(H2,19,20,21). The molecule has 0 spiro atoms. The van der Waals surface area contributed by atoms with Crippen LogP contribution < -0.4 is 15.4 Å². The molecule has 0 fully saturated rings. The monoisotopic (exact) mass is 337 g/mol. The summed E-state index contributed by atoms with van der Waals surface area (Å²) >= 11 is 0. The van der Waals surface area contributed by atoms with Crippen LogP contribution in [-0.4, -0.2) is 53.1 Å². The molecule has 6 nitrogen and oxygen atoms in total. The highest BCUT2D eigenvalue weighted by Crippen LogP contribution is 2.17. The van der Waals surface area contributed by atoms with Crippen molar-refractivity contribution in [2.45, 2.75) is 26.2 Å². The van der Waals surface area contributed by atoms with E-state index in [4.69, 9.17) is 14.2 Å². The second-order valence-corrected chi connectivity index (χ2v) is 5.25. The van der Waals surface area contributed by atoms with Crippen LogP contribution in [0, 0.1) is 0 Å². The molecule has 0 bridgehead atoms. The topological polar surface area (TPSA) is 64.1 Å². The Hall–Kier alpha value is -1.79. The van der Waals surface area contributed by atoms with Crippen LogP contribution in [-0.2, 0) is 9.47 Å². The first kappa shape index (κ1) is 20.3. The van der Waals surface area contributed by atoms with E-state index >= 15 is 0 Å². The fraction of sp³-hybridized carbons (Fsp3) is 0.611. The minimum atomic E-state index is 0.643. The van der Waals surface area contributed by atoms with Crippen molar-refractivity contribution in [2.75, 3.05) is 52.4 Å². The number of methoxy groups -OCH3 is 1. The molecule has 1 aromatic rings. The Kier molecular flexibility index (Phi) is 11.5. The SMILES string of the molecule is CCOCCCCNC(=NC)Nc1cccc(OCCCOC)c1. The molecule has 0 atom stereocenters. The van der Waals surface area contributed by atoms with Crippen molar-refractivity contribution in [3.05, 3.63) is 24.3 Å². The fourth-order valence-corrected chi connectivity index (χ4v) is 2.05. The molecule has 0 aromatic heterocycles. The minimum Gasteiger partial charge on any atom is -0.493 e. The van der Waals surface area contributed by atoms with Crippen LogP contribution >= 0.6 is 0 Å². The van der Waals surface area contributed by atoms with Crippen LogP contribution in [0.2, 0.25) is 0 Å². The summed E-state index contributed by atoms with van der Waals surface area (Å²) < 4.78 is 16.0. The number of ether oxygens (including phenoxy) is 3. The highest BCUT2D eigenvalue weighted by molar-refractivity contribution is 5.93. The molecule has 0 aliphatic rings. The maximum atomic E-state index is 5.71.